The molecule has 4 heteroatoms. The fraction of sp³-hybridized carbons (Fsp3) is 0.909. The lowest BCUT2D eigenvalue weighted by Gasteiger charge is -2.38. The summed E-state index contributed by atoms with van der Waals surface area (Å²) in [5.41, 5.74) is -0.633. The molecule has 2 unspecified atom stereocenters. The van der Waals surface area contributed by atoms with Crippen molar-refractivity contribution < 1.29 is 14.6 Å². The van der Waals surface area contributed by atoms with Crippen molar-refractivity contribution >= 4 is 5.97 Å². The molecule has 0 amide bonds. The SMILES string of the molecule is CCC(C)(CN1CCOCC1C)C(=O)O. The summed E-state index contributed by atoms with van der Waals surface area (Å²) in [6.07, 6.45) is 0.659. The van der Waals surface area contributed by atoms with Gasteiger partial charge in [0.2, 0.25) is 0 Å². The van der Waals surface area contributed by atoms with E-state index >= 15 is 0 Å². The Labute approximate surface area is 91.2 Å². The van der Waals surface area contributed by atoms with Gasteiger partial charge in [-0.3, -0.25) is 9.69 Å². The van der Waals surface area contributed by atoms with E-state index in [0.717, 1.165) is 6.54 Å². The molecule has 0 aromatic heterocycles. The Morgan fingerprint density at radius 1 is 1.67 bits per heavy atom. The fourth-order valence-corrected chi connectivity index (χ4v) is 1.78. The molecular weight excluding hydrogens is 194 g/mol. The van der Waals surface area contributed by atoms with Crippen LogP contribution in [0.5, 0.6) is 0 Å². The first-order chi connectivity index (χ1) is 6.99. The molecule has 0 bridgehead atoms. The number of hydrogen-bond donors (Lipinski definition) is 1. The minimum atomic E-state index is -0.705. The molecule has 15 heavy (non-hydrogen) atoms. The second kappa shape index (κ2) is 4.94. The Kier molecular flexibility index (Phi) is 4.11. The first-order valence-electron chi connectivity index (χ1n) is 5.55. The standard InChI is InChI=1S/C11H21NO3/c1-4-11(3,10(13)14)8-12-5-6-15-7-9(12)2/h9H,4-8H2,1-3H3,(H,13,14). The third-order valence-electron chi connectivity index (χ3n) is 3.35. The van der Waals surface area contributed by atoms with E-state index in [-0.39, 0.29) is 0 Å². The Bertz CT molecular complexity index is 232. The molecule has 1 saturated heterocycles. The van der Waals surface area contributed by atoms with Gasteiger partial charge in [-0.15, -0.1) is 0 Å². The van der Waals surface area contributed by atoms with Crippen LogP contribution in [0.15, 0.2) is 0 Å². The second-order valence-corrected chi connectivity index (χ2v) is 4.61. The summed E-state index contributed by atoms with van der Waals surface area (Å²) in [6, 6.07) is 0.323. The quantitative estimate of drug-likeness (QED) is 0.765. The van der Waals surface area contributed by atoms with Crippen molar-refractivity contribution in [2.45, 2.75) is 33.2 Å². The van der Waals surface area contributed by atoms with Crippen LogP contribution in [0.2, 0.25) is 0 Å². The predicted octanol–water partition coefficient (Wildman–Crippen LogP) is 1.21. The molecule has 0 aromatic rings. The van der Waals surface area contributed by atoms with E-state index in [2.05, 4.69) is 11.8 Å². The van der Waals surface area contributed by atoms with Crippen molar-refractivity contribution in [1.82, 2.24) is 4.90 Å². The Morgan fingerprint density at radius 2 is 2.33 bits per heavy atom. The van der Waals surface area contributed by atoms with E-state index < -0.39 is 11.4 Å². The zero-order chi connectivity index (χ0) is 11.5. The number of rotatable bonds is 4. The van der Waals surface area contributed by atoms with Crippen molar-refractivity contribution in [3.8, 4) is 0 Å². The zero-order valence-electron chi connectivity index (χ0n) is 9.82. The maximum Gasteiger partial charge on any atom is 0.310 e. The van der Waals surface area contributed by atoms with E-state index in [4.69, 9.17) is 4.74 Å². The lowest BCUT2D eigenvalue weighted by molar-refractivity contribution is -0.150. The molecule has 1 N–H and O–H groups in total. The summed E-state index contributed by atoms with van der Waals surface area (Å²) >= 11 is 0. The van der Waals surface area contributed by atoms with Gasteiger partial charge in [0.1, 0.15) is 0 Å². The minimum Gasteiger partial charge on any atom is -0.481 e. The monoisotopic (exact) mass is 215 g/mol. The molecule has 4 nitrogen and oxygen atoms in total. The number of ether oxygens (including phenoxy) is 1. The third-order valence-corrected chi connectivity index (χ3v) is 3.35. The summed E-state index contributed by atoms with van der Waals surface area (Å²) in [7, 11) is 0. The van der Waals surface area contributed by atoms with Gasteiger partial charge in [-0.25, -0.2) is 0 Å². The van der Waals surface area contributed by atoms with E-state index in [1.165, 1.54) is 0 Å². The van der Waals surface area contributed by atoms with E-state index in [1.807, 2.05) is 13.8 Å². The number of carbonyl (C=O) groups is 1. The molecule has 88 valence electrons. The van der Waals surface area contributed by atoms with Gasteiger partial charge in [-0.2, -0.15) is 0 Å². The first kappa shape index (κ1) is 12.5. The van der Waals surface area contributed by atoms with Crippen LogP contribution in [0.25, 0.3) is 0 Å². The molecule has 1 heterocycles. The summed E-state index contributed by atoms with van der Waals surface area (Å²) < 4.78 is 5.33. The molecule has 1 fully saturated rings. The van der Waals surface area contributed by atoms with E-state index in [9.17, 15) is 9.90 Å². The van der Waals surface area contributed by atoms with Gasteiger partial charge in [-0.05, 0) is 20.3 Å². The lowest BCUT2D eigenvalue weighted by Crippen LogP contribution is -2.50. The van der Waals surface area contributed by atoms with Gasteiger partial charge in [0.15, 0.2) is 0 Å². The highest BCUT2D eigenvalue weighted by atomic mass is 16.5. The summed E-state index contributed by atoms with van der Waals surface area (Å²) in [5.74, 6) is -0.705. The number of carboxylic acids is 1. The van der Waals surface area contributed by atoms with Crippen molar-refractivity contribution in [3.63, 3.8) is 0 Å². The van der Waals surface area contributed by atoms with Crippen molar-refractivity contribution in [3.05, 3.63) is 0 Å². The highest BCUT2D eigenvalue weighted by Crippen LogP contribution is 2.24. The Morgan fingerprint density at radius 3 is 2.80 bits per heavy atom. The lowest BCUT2D eigenvalue weighted by atomic mass is 9.86. The Balaban J connectivity index is 2.61. The highest BCUT2D eigenvalue weighted by molar-refractivity contribution is 5.74. The van der Waals surface area contributed by atoms with Crippen LogP contribution in [-0.4, -0.2) is 48.3 Å². The van der Waals surface area contributed by atoms with Crippen molar-refractivity contribution in [2.24, 2.45) is 5.41 Å². The molecule has 0 aromatic carbocycles. The molecular formula is C11H21NO3. The minimum absolute atomic E-state index is 0.323. The molecule has 0 aliphatic carbocycles. The Hall–Kier alpha value is -0.610. The fourth-order valence-electron chi connectivity index (χ4n) is 1.78. The van der Waals surface area contributed by atoms with Gasteiger partial charge in [0.05, 0.1) is 18.6 Å². The highest BCUT2D eigenvalue weighted by Gasteiger charge is 2.35. The van der Waals surface area contributed by atoms with Crippen molar-refractivity contribution in [2.75, 3.05) is 26.3 Å². The largest absolute Gasteiger partial charge is 0.481 e. The van der Waals surface area contributed by atoms with Gasteiger partial charge < -0.3 is 9.84 Å². The summed E-state index contributed by atoms with van der Waals surface area (Å²) in [6.45, 7) is 8.70. The average Bonchev–Trinajstić information content (AvgIpc) is 2.21. The molecule has 1 aliphatic heterocycles. The number of hydrogen-bond acceptors (Lipinski definition) is 3. The van der Waals surface area contributed by atoms with Crippen molar-refractivity contribution in [1.29, 1.82) is 0 Å². The molecule has 2 atom stereocenters. The van der Waals surface area contributed by atoms with Crippen LogP contribution in [0.4, 0.5) is 0 Å². The number of carboxylic acid groups (broad SMARTS) is 1. The molecule has 0 spiro atoms. The maximum atomic E-state index is 11.2. The van der Waals surface area contributed by atoms with Gasteiger partial charge in [0, 0.05) is 19.1 Å². The predicted molar refractivity (Wildman–Crippen MR) is 57.9 cm³/mol. The van der Waals surface area contributed by atoms with Gasteiger partial charge in [-0.1, -0.05) is 6.92 Å². The summed E-state index contributed by atoms with van der Waals surface area (Å²) in [4.78, 5) is 13.4. The normalized spacial score (nSPS) is 27.3. The van der Waals surface area contributed by atoms with Crippen LogP contribution in [0.1, 0.15) is 27.2 Å². The van der Waals surface area contributed by atoms with E-state index in [1.54, 1.807) is 0 Å². The molecule has 0 saturated carbocycles. The van der Waals surface area contributed by atoms with Gasteiger partial charge >= 0.3 is 5.97 Å². The third kappa shape index (κ3) is 2.92. The first-order valence-corrected chi connectivity index (χ1v) is 5.55. The van der Waals surface area contributed by atoms with Crippen LogP contribution in [-0.2, 0) is 9.53 Å². The number of morpholine rings is 1. The number of aliphatic carboxylic acids is 1. The van der Waals surface area contributed by atoms with Crippen LogP contribution in [0.3, 0.4) is 0 Å². The van der Waals surface area contributed by atoms with Gasteiger partial charge in [0.25, 0.3) is 0 Å². The second-order valence-electron chi connectivity index (χ2n) is 4.61. The van der Waals surface area contributed by atoms with Crippen LogP contribution in [0, 0.1) is 5.41 Å². The maximum absolute atomic E-state index is 11.2. The topological polar surface area (TPSA) is 49.8 Å². The zero-order valence-corrected chi connectivity index (χ0v) is 9.82. The molecule has 1 rings (SSSR count). The molecule has 0 radical (unpaired) electrons. The van der Waals surface area contributed by atoms with E-state index in [0.29, 0.717) is 32.2 Å². The van der Waals surface area contributed by atoms with Crippen LogP contribution < -0.4 is 0 Å². The number of nitrogens with zero attached hydrogens (tertiary/aromatic N) is 1. The van der Waals surface area contributed by atoms with Crippen LogP contribution >= 0.6 is 0 Å². The molecule has 1 aliphatic rings. The average molecular weight is 215 g/mol. The summed E-state index contributed by atoms with van der Waals surface area (Å²) in [5, 5.41) is 9.19. The smallest absolute Gasteiger partial charge is 0.310 e.